The Balaban J connectivity index is 2.79. The molecule has 1 heterocycles. The highest BCUT2D eigenvalue weighted by Gasteiger charge is 2.14. The van der Waals surface area contributed by atoms with Gasteiger partial charge in [0, 0.05) is 11.9 Å². The Hall–Kier alpha value is -1.53. The molecule has 0 aliphatic rings. The average Bonchev–Trinajstić information content (AvgIpc) is 2.28. The zero-order valence-electron chi connectivity index (χ0n) is 9.96. The van der Waals surface area contributed by atoms with Crippen molar-refractivity contribution in [3.8, 4) is 12.3 Å². The van der Waals surface area contributed by atoms with Gasteiger partial charge < -0.3 is 5.32 Å². The number of rotatable bonds is 4. The lowest BCUT2D eigenvalue weighted by Crippen LogP contribution is -2.33. The smallest absolute Gasteiger partial charge is 0.255 e. The molecule has 1 aromatic heterocycles. The molecule has 1 atom stereocenters. The van der Waals surface area contributed by atoms with Gasteiger partial charge in [-0.1, -0.05) is 30.9 Å². The van der Waals surface area contributed by atoms with Crippen LogP contribution in [-0.2, 0) is 0 Å². The second-order valence-electron chi connectivity index (χ2n) is 3.79. The van der Waals surface area contributed by atoms with E-state index >= 15 is 0 Å². The monoisotopic (exact) mass is 250 g/mol. The molecule has 0 aliphatic carbocycles. The molecule has 3 nitrogen and oxygen atoms in total. The molecule has 0 bridgehead atoms. The Morgan fingerprint density at radius 3 is 2.94 bits per heavy atom. The van der Waals surface area contributed by atoms with Crippen molar-refractivity contribution < 1.29 is 4.79 Å². The zero-order chi connectivity index (χ0) is 12.8. The van der Waals surface area contributed by atoms with E-state index in [2.05, 4.69) is 16.2 Å². The fourth-order valence-corrected chi connectivity index (χ4v) is 1.71. The maximum Gasteiger partial charge on any atom is 0.255 e. The number of pyridine rings is 1. The molecule has 1 aromatic rings. The number of terminal acetylenes is 1. The molecule has 90 valence electrons. The van der Waals surface area contributed by atoms with Gasteiger partial charge in [-0.2, -0.15) is 0 Å². The normalized spacial score (nSPS) is 11.6. The minimum absolute atomic E-state index is 0.259. The predicted molar refractivity (Wildman–Crippen MR) is 69.0 cm³/mol. The lowest BCUT2D eigenvalue weighted by Gasteiger charge is -2.12. The van der Waals surface area contributed by atoms with Crippen molar-refractivity contribution in [1.82, 2.24) is 10.3 Å². The summed E-state index contributed by atoms with van der Waals surface area (Å²) in [6, 6.07) is 1.39. The Morgan fingerprint density at radius 1 is 1.71 bits per heavy atom. The maximum absolute atomic E-state index is 11.9. The van der Waals surface area contributed by atoms with Crippen LogP contribution in [0.2, 0.25) is 5.02 Å². The lowest BCUT2D eigenvalue weighted by molar-refractivity contribution is 0.0944. The zero-order valence-corrected chi connectivity index (χ0v) is 10.7. The van der Waals surface area contributed by atoms with Crippen molar-refractivity contribution in [3.05, 3.63) is 28.5 Å². The molecule has 0 fully saturated rings. The molecule has 1 unspecified atom stereocenters. The van der Waals surface area contributed by atoms with Gasteiger partial charge in [-0.25, -0.2) is 0 Å². The van der Waals surface area contributed by atoms with Crippen LogP contribution in [0.5, 0.6) is 0 Å². The van der Waals surface area contributed by atoms with E-state index in [-0.39, 0.29) is 11.9 Å². The van der Waals surface area contributed by atoms with Crippen LogP contribution in [-0.4, -0.2) is 16.9 Å². The highest BCUT2D eigenvalue weighted by Crippen LogP contribution is 2.15. The summed E-state index contributed by atoms with van der Waals surface area (Å²) >= 11 is 5.98. The van der Waals surface area contributed by atoms with Crippen molar-refractivity contribution in [1.29, 1.82) is 0 Å². The fourth-order valence-electron chi connectivity index (χ4n) is 1.42. The van der Waals surface area contributed by atoms with Crippen molar-refractivity contribution in [2.75, 3.05) is 0 Å². The number of amides is 1. The first-order chi connectivity index (χ1) is 8.08. The summed E-state index contributed by atoms with van der Waals surface area (Å²) in [7, 11) is 0. The molecule has 0 spiro atoms. The molecule has 0 radical (unpaired) electrons. The minimum Gasteiger partial charge on any atom is -0.338 e. The summed E-state index contributed by atoms with van der Waals surface area (Å²) in [6.07, 6.45) is 8.46. The van der Waals surface area contributed by atoms with E-state index in [0.29, 0.717) is 10.6 Å². The van der Waals surface area contributed by atoms with Gasteiger partial charge >= 0.3 is 0 Å². The molecule has 1 amide bonds. The van der Waals surface area contributed by atoms with E-state index in [1.807, 2.05) is 13.8 Å². The second-order valence-corrected chi connectivity index (χ2v) is 4.19. The quantitative estimate of drug-likeness (QED) is 0.835. The van der Waals surface area contributed by atoms with Crippen molar-refractivity contribution in [3.63, 3.8) is 0 Å². The van der Waals surface area contributed by atoms with Gasteiger partial charge in [-0.15, -0.1) is 6.42 Å². The number of halogens is 1. The molecule has 1 rings (SSSR count). The van der Waals surface area contributed by atoms with Crippen LogP contribution in [0, 0.1) is 19.3 Å². The van der Waals surface area contributed by atoms with Crippen LogP contribution in [0.1, 0.15) is 35.8 Å². The maximum atomic E-state index is 11.9. The number of carbonyl (C=O) groups excluding carboxylic acids is 1. The third-order valence-corrected chi connectivity index (χ3v) is 2.63. The number of hydrogen-bond donors (Lipinski definition) is 1. The molecular formula is C13H15ClN2O. The van der Waals surface area contributed by atoms with E-state index < -0.39 is 0 Å². The number of nitrogens with zero attached hydrogens (tertiary/aromatic N) is 1. The molecule has 1 N–H and O–H groups in total. The molecule has 4 heteroatoms. The van der Waals surface area contributed by atoms with Crippen LogP contribution in [0.4, 0.5) is 0 Å². The van der Waals surface area contributed by atoms with Crippen LogP contribution < -0.4 is 5.32 Å². The van der Waals surface area contributed by atoms with Crippen LogP contribution in [0.15, 0.2) is 12.3 Å². The Morgan fingerprint density at radius 2 is 2.41 bits per heavy atom. The largest absolute Gasteiger partial charge is 0.338 e. The number of hydrogen-bond acceptors (Lipinski definition) is 2. The highest BCUT2D eigenvalue weighted by atomic mass is 35.5. The average molecular weight is 251 g/mol. The van der Waals surface area contributed by atoms with E-state index in [9.17, 15) is 4.79 Å². The molecule has 0 aromatic carbocycles. The standard InChI is InChI=1S/C13H15ClN2O/c1-4-6-10(5-2)16-13(17)11-8-15-9(3)7-12(11)14/h2,7-8,10H,4,6H2,1,3H3,(H,16,17). The summed E-state index contributed by atoms with van der Waals surface area (Å²) < 4.78 is 0. The summed E-state index contributed by atoms with van der Waals surface area (Å²) in [4.78, 5) is 15.9. The molecule has 0 saturated carbocycles. The Bertz CT molecular complexity index is 451. The topological polar surface area (TPSA) is 42.0 Å². The molecule has 0 aliphatic heterocycles. The van der Waals surface area contributed by atoms with Gasteiger partial charge in [-0.3, -0.25) is 9.78 Å². The van der Waals surface area contributed by atoms with Gasteiger partial charge in [-0.05, 0) is 19.4 Å². The van der Waals surface area contributed by atoms with E-state index in [1.165, 1.54) is 6.20 Å². The summed E-state index contributed by atoms with van der Waals surface area (Å²) in [5, 5.41) is 3.14. The van der Waals surface area contributed by atoms with Gasteiger partial charge in [0.2, 0.25) is 0 Å². The van der Waals surface area contributed by atoms with E-state index in [0.717, 1.165) is 18.5 Å². The summed E-state index contributed by atoms with van der Waals surface area (Å²) in [5.41, 5.74) is 1.13. The Labute approximate surface area is 107 Å². The van der Waals surface area contributed by atoms with Crippen molar-refractivity contribution in [2.45, 2.75) is 32.7 Å². The van der Waals surface area contributed by atoms with Gasteiger partial charge in [0.05, 0.1) is 16.6 Å². The number of nitrogens with one attached hydrogen (secondary N) is 1. The fraction of sp³-hybridized carbons (Fsp3) is 0.385. The van der Waals surface area contributed by atoms with Crippen molar-refractivity contribution in [2.24, 2.45) is 0 Å². The first-order valence-corrected chi connectivity index (χ1v) is 5.85. The minimum atomic E-state index is -0.279. The van der Waals surface area contributed by atoms with Gasteiger partial charge in [0.15, 0.2) is 0 Å². The molecule has 17 heavy (non-hydrogen) atoms. The Kier molecular flexibility index (Phi) is 4.99. The van der Waals surface area contributed by atoms with Crippen molar-refractivity contribution >= 4 is 17.5 Å². The lowest BCUT2D eigenvalue weighted by atomic mass is 10.1. The van der Waals surface area contributed by atoms with Gasteiger partial charge in [0.1, 0.15) is 0 Å². The van der Waals surface area contributed by atoms with Gasteiger partial charge in [0.25, 0.3) is 5.91 Å². The van der Waals surface area contributed by atoms with Crippen LogP contribution in [0.25, 0.3) is 0 Å². The molecule has 0 saturated heterocycles. The predicted octanol–water partition coefficient (Wildman–Crippen LogP) is 2.58. The summed E-state index contributed by atoms with van der Waals surface area (Å²) in [5.74, 6) is 2.26. The number of aryl methyl sites for hydroxylation is 1. The number of aromatic nitrogens is 1. The number of carbonyl (C=O) groups is 1. The van der Waals surface area contributed by atoms with Crippen LogP contribution >= 0.6 is 11.6 Å². The summed E-state index contributed by atoms with van der Waals surface area (Å²) in [6.45, 7) is 3.83. The second kappa shape index (κ2) is 6.27. The first-order valence-electron chi connectivity index (χ1n) is 5.47. The van der Waals surface area contributed by atoms with E-state index in [1.54, 1.807) is 6.07 Å². The van der Waals surface area contributed by atoms with Crippen LogP contribution in [0.3, 0.4) is 0 Å². The van der Waals surface area contributed by atoms with E-state index in [4.69, 9.17) is 18.0 Å². The first kappa shape index (κ1) is 13.5. The third kappa shape index (κ3) is 3.76. The highest BCUT2D eigenvalue weighted by molar-refractivity contribution is 6.33. The SMILES string of the molecule is C#CC(CCC)NC(=O)c1cnc(C)cc1Cl. The third-order valence-electron chi connectivity index (χ3n) is 2.32. The molecular weight excluding hydrogens is 236 g/mol.